The number of carbonyl (C=O) groups excluding carboxylic acids is 1. The number of nitrogens with one attached hydrogen (secondary N) is 1. The van der Waals surface area contributed by atoms with E-state index in [1.165, 1.54) is 11.8 Å². The summed E-state index contributed by atoms with van der Waals surface area (Å²) < 4.78 is 35.5. The van der Waals surface area contributed by atoms with Crippen LogP contribution in [0.4, 0.5) is 13.2 Å². The lowest BCUT2D eigenvalue weighted by Gasteiger charge is -2.20. The maximum absolute atomic E-state index is 11.8. The van der Waals surface area contributed by atoms with E-state index in [2.05, 4.69) is 0 Å². The fraction of sp³-hybridized carbons (Fsp3) is 0.800. The lowest BCUT2D eigenvalue weighted by molar-refractivity contribution is -0.147. The first-order chi connectivity index (χ1) is 8.14. The van der Waals surface area contributed by atoms with Crippen LogP contribution in [0, 0.1) is 5.41 Å². The van der Waals surface area contributed by atoms with E-state index in [4.69, 9.17) is 5.11 Å². The number of nitrogens with zero attached hydrogens (tertiary/aromatic N) is 1. The summed E-state index contributed by atoms with van der Waals surface area (Å²) >= 11 is 0. The molecule has 1 amide bonds. The minimum atomic E-state index is -4.36. The number of halogens is 3. The quantitative estimate of drug-likeness (QED) is 0.777. The van der Waals surface area contributed by atoms with Gasteiger partial charge in [-0.15, -0.1) is 0 Å². The second-order valence-electron chi connectivity index (χ2n) is 4.65. The van der Waals surface area contributed by atoms with E-state index >= 15 is 0 Å². The highest BCUT2D eigenvalue weighted by Crippen LogP contribution is 2.29. The van der Waals surface area contributed by atoms with E-state index in [0.29, 0.717) is 6.42 Å². The molecular weight excluding hydrogens is 253 g/mol. The standard InChI is InChI=1S/C10H15F3N2O3/c1-9(8(17)18)2-3-15(6-9)7(16)4-14-5-10(11,12)13/h14H,2-6H2,1H3,(H,17,18). The Hall–Kier alpha value is -1.31. The lowest BCUT2D eigenvalue weighted by Crippen LogP contribution is -2.41. The lowest BCUT2D eigenvalue weighted by atomic mass is 9.90. The first kappa shape index (κ1) is 14.7. The van der Waals surface area contributed by atoms with Crippen molar-refractivity contribution in [2.75, 3.05) is 26.2 Å². The Kier molecular flexibility index (Phi) is 4.20. The first-order valence-electron chi connectivity index (χ1n) is 5.43. The second kappa shape index (κ2) is 5.13. The fourth-order valence-electron chi connectivity index (χ4n) is 1.77. The summed E-state index contributed by atoms with van der Waals surface area (Å²) in [7, 11) is 0. The third-order valence-corrected chi connectivity index (χ3v) is 2.94. The minimum absolute atomic E-state index is 0.0366. The van der Waals surface area contributed by atoms with Crippen molar-refractivity contribution in [1.82, 2.24) is 10.2 Å². The first-order valence-corrected chi connectivity index (χ1v) is 5.43. The van der Waals surface area contributed by atoms with E-state index in [9.17, 15) is 22.8 Å². The maximum atomic E-state index is 11.8. The summed E-state index contributed by atoms with van der Waals surface area (Å²) in [5, 5.41) is 10.9. The van der Waals surface area contributed by atoms with Gasteiger partial charge in [0.15, 0.2) is 0 Å². The minimum Gasteiger partial charge on any atom is -0.481 e. The zero-order valence-corrected chi connectivity index (χ0v) is 9.88. The Bertz CT molecular complexity index is 346. The highest BCUT2D eigenvalue weighted by atomic mass is 19.4. The summed E-state index contributed by atoms with van der Waals surface area (Å²) in [6, 6.07) is 0. The molecule has 0 saturated carbocycles. The average molecular weight is 268 g/mol. The molecule has 2 N–H and O–H groups in total. The summed E-state index contributed by atoms with van der Waals surface area (Å²) in [6.45, 7) is 0.147. The Morgan fingerprint density at radius 3 is 2.50 bits per heavy atom. The molecule has 0 bridgehead atoms. The van der Waals surface area contributed by atoms with Crippen LogP contribution in [0.25, 0.3) is 0 Å². The molecule has 1 aliphatic rings. The van der Waals surface area contributed by atoms with Crippen molar-refractivity contribution >= 4 is 11.9 Å². The maximum Gasteiger partial charge on any atom is 0.401 e. The van der Waals surface area contributed by atoms with Gasteiger partial charge in [-0.05, 0) is 13.3 Å². The van der Waals surface area contributed by atoms with E-state index in [1.54, 1.807) is 0 Å². The molecule has 0 aliphatic carbocycles. The molecule has 18 heavy (non-hydrogen) atoms. The van der Waals surface area contributed by atoms with Gasteiger partial charge in [0.2, 0.25) is 5.91 Å². The number of carbonyl (C=O) groups is 2. The largest absolute Gasteiger partial charge is 0.481 e. The van der Waals surface area contributed by atoms with Crippen molar-refractivity contribution in [2.45, 2.75) is 19.5 Å². The molecule has 0 radical (unpaired) electrons. The third-order valence-electron chi connectivity index (χ3n) is 2.94. The molecule has 1 rings (SSSR count). The summed E-state index contributed by atoms with van der Waals surface area (Å²) in [5.41, 5.74) is -1.00. The number of likely N-dealkylation sites (tertiary alicyclic amines) is 1. The monoisotopic (exact) mass is 268 g/mol. The van der Waals surface area contributed by atoms with E-state index in [1.807, 2.05) is 5.32 Å². The van der Waals surface area contributed by atoms with Crippen LogP contribution in [0.1, 0.15) is 13.3 Å². The Morgan fingerprint density at radius 2 is 2.06 bits per heavy atom. The zero-order valence-electron chi connectivity index (χ0n) is 9.88. The molecule has 0 spiro atoms. The number of carboxylic acids is 1. The zero-order chi connectivity index (χ0) is 14.0. The third kappa shape index (κ3) is 3.86. The molecule has 1 fully saturated rings. The van der Waals surface area contributed by atoms with Crippen molar-refractivity contribution in [3.8, 4) is 0 Å². The molecule has 0 aromatic carbocycles. The second-order valence-corrected chi connectivity index (χ2v) is 4.65. The molecule has 8 heteroatoms. The fourth-order valence-corrected chi connectivity index (χ4v) is 1.77. The predicted octanol–water partition coefficient (Wildman–Crippen LogP) is 0.461. The molecule has 1 saturated heterocycles. The van der Waals surface area contributed by atoms with Gasteiger partial charge in [0.25, 0.3) is 0 Å². The van der Waals surface area contributed by atoms with Gasteiger partial charge in [0.1, 0.15) is 0 Å². The van der Waals surface area contributed by atoms with Gasteiger partial charge in [0, 0.05) is 13.1 Å². The van der Waals surface area contributed by atoms with E-state index in [-0.39, 0.29) is 13.1 Å². The molecule has 1 unspecified atom stereocenters. The predicted molar refractivity (Wildman–Crippen MR) is 55.9 cm³/mol. The smallest absolute Gasteiger partial charge is 0.401 e. The van der Waals surface area contributed by atoms with Crippen LogP contribution in [-0.4, -0.2) is 54.2 Å². The van der Waals surface area contributed by atoms with Crippen LogP contribution in [0.5, 0.6) is 0 Å². The Balaban J connectivity index is 2.39. The van der Waals surface area contributed by atoms with Crippen LogP contribution in [-0.2, 0) is 9.59 Å². The van der Waals surface area contributed by atoms with E-state index in [0.717, 1.165) is 0 Å². The Morgan fingerprint density at radius 1 is 1.44 bits per heavy atom. The van der Waals surface area contributed by atoms with Crippen molar-refractivity contribution < 1.29 is 27.9 Å². The molecular formula is C10H15F3N2O3. The van der Waals surface area contributed by atoms with Gasteiger partial charge in [-0.1, -0.05) is 0 Å². The molecule has 1 heterocycles. The molecule has 1 atom stereocenters. The number of amides is 1. The molecule has 0 aromatic heterocycles. The van der Waals surface area contributed by atoms with Crippen molar-refractivity contribution in [3.63, 3.8) is 0 Å². The molecule has 1 aliphatic heterocycles. The van der Waals surface area contributed by atoms with Crippen molar-refractivity contribution in [2.24, 2.45) is 5.41 Å². The number of carboxylic acid groups (broad SMARTS) is 1. The highest BCUT2D eigenvalue weighted by Gasteiger charge is 2.42. The van der Waals surface area contributed by atoms with Crippen LogP contribution in [0.3, 0.4) is 0 Å². The summed E-state index contributed by atoms with van der Waals surface area (Å²) in [6.07, 6.45) is -4.05. The van der Waals surface area contributed by atoms with Crippen LogP contribution in [0.15, 0.2) is 0 Å². The summed E-state index contributed by atoms with van der Waals surface area (Å²) in [5.74, 6) is -1.51. The van der Waals surface area contributed by atoms with Crippen LogP contribution in [0.2, 0.25) is 0 Å². The van der Waals surface area contributed by atoms with Gasteiger partial charge >= 0.3 is 12.1 Å². The molecule has 5 nitrogen and oxygen atoms in total. The van der Waals surface area contributed by atoms with Crippen LogP contribution >= 0.6 is 0 Å². The molecule has 0 aromatic rings. The topological polar surface area (TPSA) is 69.6 Å². The molecule has 104 valence electrons. The van der Waals surface area contributed by atoms with Crippen molar-refractivity contribution in [3.05, 3.63) is 0 Å². The summed E-state index contributed by atoms with van der Waals surface area (Å²) in [4.78, 5) is 23.8. The van der Waals surface area contributed by atoms with Gasteiger partial charge in [0.05, 0.1) is 18.5 Å². The Labute approximate surface area is 102 Å². The van der Waals surface area contributed by atoms with Gasteiger partial charge in [-0.25, -0.2) is 0 Å². The number of rotatable bonds is 4. The van der Waals surface area contributed by atoms with Gasteiger partial charge in [-0.2, -0.15) is 13.2 Å². The SMILES string of the molecule is CC1(C(=O)O)CCN(C(=O)CNCC(F)(F)F)C1. The van der Waals surface area contributed by atoms with Gasteiger partial charge < -0.3 is 15.3 Å². The normalized spacial score (nSPS) is 24.3. The van der Waals surface area contributed by atoms with Crippen LogP contribution < -0.4 is 5.32 Å². The number of aliphatic carboxylic acids is 1. The van der Waals surface area contributed by atoms with E-state index < -0.39 is 36.6 Å². The number of hydrogen-bond acceptors (Lipinski definition) is 3. The number of hydrogen-bond donors (Lipinski definition) is 2. The van der Waals surface area contributed by atoms with Crippen molar-refractivity contribution in [1.29, 1.82) is 0 Å². The number of alkyl halides is 3. The highest BCUT2D eigenvalue weighted by molar-refractivity contribution is 5.81. The average Bonchev–Trinajstić information content (AvgIpc) is 2.60. The van der Waals surface area contributed by atoms with Gasteiger partial charge in [-0.3, -0.25) is 9.59 Å².